The van der Waals surface area contributed by atoms with Gasteiger partial charge in [-0.25, -0.2) is 13.4 Å². The van der Waals surface area contributed by atoms with Crippen molar-refractivity contribution in [1.29, 1.82) is 0 Å². The molecule has 1 amide bonds. The number of nitro benzene ring substituents is 1. The van der Waals surface area contributed by atoms with Crippen molar-refractivity contribution in [3.8, 4) is 0 Å². The van der Waals surface area contributed by atoms with Crippen LogP contribution in [0.3, 0.4) is 0 Å². The second-order valence-corrected chi connectivity index (χ2v) is 10.4. The van der Waals surface area contributed by atoms with E-state index in [1.807, 2.05) is 13.8 Å². The topological polar surface area (TPSA) is 136 Å². The Kier molecular flexibility index (Phi) is 4.84. The van der Waals surface area contributed by atoms with Crippen LogP contribution in [0, 0.1) is 15.5 Å². The molecule has 1 heterocycles. The van der Waals surface area contributed by atoms with E-state index in [-0.39, 0.29) is 26.8 Å². The molecule has 1 N–H and O–H groups in total. The van der Waals surface area contributed by atoms with Gasteiger partial charge >= 0.3 is 0 Å². The maximum atomic E-state index is 12.5. The van der Waals surface area contributed by atoms with E-state index >= 15 is 0 Å². The molecule has 11 heteroatoms. The molecule has 0 spiro atoms. The van der Waals surface area contributed by atoms with Crippen LogP contribution in [0.5, 0.6) is 0 Å². The monoisotopic (exact) mass is 423 g/mol. The molecule has 1 aromatic carbocycles. The van der Waals surface area contributed by atoms with E-state index in [2.05, 4.69) is 10.3 Å². The van der Waals surface area contributed by atoms with Crippen LogP contribution in [-0.4, -0.2) is 36.3 Å². The number of benzene rings is 1. The van der Waals surface area contributed by atoms with E-state index in [1.54, 1.807) is 0 Å². The SMILES string of the molecule is CC1(C)CC(=O)c2sc(NC(=O)c3cc([N+](=O)[O-])cc(S(C)(=O)=O)c3)nc2C1. The Morgan fingerprint density at radius 3 is 2.57 bits per heavy atom. The van der Waals surface area contributed by atoms with Crippen molar-refractivity contribution in [3.05, 3.63) is 44.4 Å². The van der Waals surface area contributed by atoms with E-state index in [1.165, 1.54) is 0 Å². The Morgan fingerprint density at radius 1 is 1.29 bits per heavy atom. The number of carbonyl (C=O) groups is 2. The van der Waals surface area contributed by atoms with Gasteiger partial charge in [-0.3, -0.25) is 25.0 Å². The minimum Gasteiger partial charge on any atom is -0.298 e. The highest BCUT2D eigenvalue weighted by Gasteiger charge is 2.34. The predicted molar refractivity (Wildman–Crippen MR) is 103 cm³/mol. The van der Waals surface area contributed by atoms with Gasteiger partial charge in [0, 0.05) is 30.4 Å². The zero-order chi connectivity index (χ0) is 20.9. The quantitative estimate of drug-likeness (QED) is 0.590. The lowest BCUT2D eigenvalue weighted by Crippen LogP contribution is -2.26. The first-order chi connectivity index (χ1) is 12.9. The van der Waals surface area contributed by atoms with Crippen molar-refractivity contribution in [2.75, 3.05) is 11.6 Å². The number of hydrogen-bond donors (Lipinski definition) is 1. The van der Waals surface area contributed by atoms with Gasteiger partial charge in [-0.1, -0.05) is 25.2 Å². The van der Waals surface area contributed by atoms with Gasteiger partial charge in [-0.2, -0.15) is 0 Å². The molecule has 0 radical (unpaired) electrons. The number of amides is 1. The van der Waals surface area contributed by atoms with Crippen molar-refractivity contribution in [2.45, 2.75) is 31.6 Å². The van der Waals surface area contributed by atoms with Gasteiger partial charge in [0.2, 0.25) is 0 Å². The molecule has 0 saturated heterocycles. The summed E-state index contributed by atoms with van der Waals surface area (Å²) in [6.07, 6.45) is 1.88. The summed E-state index contributed by atoms with van der Waals surface area (Å²) in [5, 5.41) is 13.8. The summed E-state index contributed by atoms with van der Waals surface area (Å²) in [6, 6.07) is 2.96. The maximum absolute atomic E-state index is 12.5. The third kappa shape index (κ3) is 4.09. The molecule has 9 nitrogen and oxygen atoms in total. The molecule has 28 heavy (non-hydrogen) atoms. The van der Waals surface area contributed by atoms with E-state index in [0.29, 0.717) is 23.4 Å². The number of anilines is 1. The second kappa shape index (κ2) is 6.74. The molecule has 0 atom stereocenters. The van der Waals surface area contributed by atoms with E-state index < -0.39 is 26.4 Å². The molecular formula is C17H17N3O6S2. The number of thiazole rings is 1. The summed E-state index contributed by atoms with van der Waals surface area (Å²) in [7, 11) is -3.75. The fourth-order valence-electron chi connectivity index (χ4n) is 2.98. The van der Waals surface area contributed by atoms with Gasteiger partial charge in [0.15, 0.2) is 20.8 Å². The highest BCUT2D eigenvalue weighted by atomic mass is 32.2. The van der Waals surface area contributed by atoms with Crippen molar-refractivity contribution in [3.63, 3.8) is 0 Å². The third-order valence-corrected chi connectivity index (χ3v) is 6.39. The first kappa shape index (κ1) is 20.1. The molecule has 1 aliphatic rings. The smallest absolute Gasteiger partial charge is 0.271 e. The highest BCUT2D eigenvalue weighted by molar-refractivity contribution is 7.90. The van der Waals surface area contributed by atoms with Crippen molar-refractivity contribution in [1.82, 2.24) is 4.98 Å². The van der Waals surface area contributed by atoms with E-state index in [4.69, 9.17) is 0 Å². The van der Waals surface area contributed by atoms with Gasteiger partial charge in [-0.15, -0.1) is 0 Å². The number of nitro groups is 1. The lowest BCUT2D eigenvalue weighted by molar-refractivity contribution is -0.385. The summed E-state index contributed by atoms with van der Waals surface area (Å²) in [4.78, 5) is 39.6. The highest BCUT2D eigenvalue weighted by Crippen LogP contribution is 2.38. The standard InChI is InChI=1S/C17H17N3O6S2/c1-17(2)7-12-14(13(21)8-17)27-16(18-12)19-15(22)9-4-10(20(23)24)6-11(5-9)28(3,25)26/h4-6H,7-8H2,1-3H3,(H,18,19,22). The summed E-state index contributed by atoms with van der Waals surface area (Å²) in [5.41, 5.74) is -0.306. The predicted octanol–water partition coefficient (Wildman–Crippen LogP) is 2.86. The fourth-order valence-corrected chi connectivity index (χ4v) is 4.57. The van der Waals surface area contributed by atoms with Crippen molar-refractivity contribution < 1.29 is 22.9 Å². The Bertz CT molecular complexity index is 1120. The normalized spacial score (nSPS) is 15.8. The summed E-state index contributed by atoms with van der Waals surface area (Å²) in [5.74, 6) is -0.787. The molecule has 1 aromatic heterocycles. The molecule has 3 rings (SSSR count). The Labute approximate surface area is 164 Å². The van der Waals surface area contributed by atoms with Gasteiger partial charge in [0.05, 0.1) is 20.4 Å². The van der Waals surface area contributed by atoms with Crippen LogP contribution < -0.4 is 5.32 Å². The van der Waals surface area contributed by atoms with Gasteiger partial charge in [0.25, 0.3) is 11.6 Å². The molecule has 148 valence electrons. The second-order valence-electron chi connectivity index (χ2n) is 7.43. The summed E-state index contributed by atoms with van der Waals surface area (Å²) in [6.45, 7) is 3.92. The van der Waals surface area contributed by atoms with Gasteiger partial charge in [0.1, 0.15) is 0 Å². The summed E-state index contributed by atoms with van der Waals surface area (Å²) >= 11 is 1.04. The van der Waals surface area contributed by atoms with Crippen molar-refractivity contribution in [2.24, 2.45) is 5.41 Å². The zero-order valence-electron chi connectivity index (χ0n) is 15.3. The molecule has 0 aliphatic heterocycles. The van der Waals surface area contributed by atoms with Gasteiger partial charge < -0.3 is 0 Å². The van der Waals surface area contributed by atoms with Crippen LogP contribution in [0.1, 0.15) is 46.0 Å². The minimum absolute atomic E-state index is 0.0426. The minimum atomic E-state index is -3.75. The molecule has 0 saturated carbocycles. The number of ketones is 1. The van der Waals surface area contributed by atoms with Crippen LogP contribution in [0.15, 0.2) is 23.1 Å². The van der Waals surface area contributed by atoms with Crippen LogP contribution in [0.2, 0.25) is 0 Å². The van der Waals surface area contributed by atoms with Gasteiger partial charge in [-0.05, 0) is 17.9 Å². The van der Waals surface area contributed by atoms with Crippen molar-refractivity contribution >= 4 is 43.7 Å². The average molecular weight is 423 g/mol. The number of hydrogen-bond acceptors (Lipinski definition) is 8. The maximum Gasteiger partial charge on any atom is 0.271 e. The number of fused-ring (bicyclic) bond motifs is 1. The Morgan fingerprint density at radius 2 is 1.96 bits per heavy atom. The fraction of sp³-hybridized carbons (Fsp3) is 0.353. The third-order valence-electron chi connectivity index (χ3n) is 4.25. The largest absolute Gasteiger partial charge is 0.298 e. The zero-order valence-corrected chi connectivity index (χ0v) is 16.9. The molecule has 0 fully saturated rings. The molecular weight excluding hydrogens is 406 g/mol. The number of Topliss-reactive ketones (excluding diaryl/α,β-unsaturated/α-hetero) is 1. The lowest BCUT2D eigenvalue weighted by atomic mass is 9.78. The number of aromatic nitrogens is 1. The first-order valence-corrected chi connectivity index (χ1v) is 10.9. The Balaban J connectivity index is 1.93. The number of sulfone groups is 1. The van der Waals surface area contributed by atoms with Crippen LogP contribution in [0.4, 0.5) is 10.8 Å². The van der Waals surface area contributed by atoms with Crippen LogP contribution in [-0.2, 0) is 16.3 Å². The molecule has 0 unspecified atom stereocenters. The molecule has 0 bridgehead atoms. The molecule has 1 aliphatic carbocycles. The first-order valence-electron chi connectivity index (χ1n) is 8.19. The van der Waals surface area contributed by atoms with Crippen LogP contribution >= 0.6 is 11.3 Å². The van der Waals surface area contributed by atoms with E-state index in [0.717, 1.165) is 35.8 Å². The average Bonchev–Trinajstić information content (AvgIpc) is 2.94. The lowest BCUT2D eigenvalue weighted by Gasteiger charge is -2.26. The number of rotatable bonds is 4. The number of nitrogens with zero attached hydrogens (tertiary/aromatic N) is 2. The van der Waals surface area contributed by atoms with E-state index in [9.17, 15) is 28.1 Å². The number of nitrogens with one attached hydrogen (secondary N) is 1. The number of non-ortho nitro benzene ring substituents is 1. The summed E-state index contributed by atoms with van der Waals surface area (Å²) < 4.78 is 23.5. The molecule has 2 aromatic rings. The van der Waals surface area contributed by atoms with Crippen LogP contribution in [0.25, 0.3) is 0 Å². The number of carbonyl (C=O) groups excluding carboxylic acids is 2. The Hall–Kier alpha value is -2.66.